The Bertz CT molecular complexity index is 750. The molecule has 148 valence electrons. The summed E-state index contributed by atoms with van der Waals surface area (Å²) in [6.45, 7) is 8.12. The predicted molar refractivity (Wildman–Crippen MR) is 110 cm³/mol. The molecule has 0 aliphatic rings. The highest BCUT2D eigenvalue weighted by Crippen LogP contribution is 2.21. The number of rotatable bonds is 8. The zero-order chi connectivity index (χ0) is 19.9. The van der Waals surface area contributed by atoms with E-state index in [2.05, 4.69) is 58.9 Å². The number of nitrogens with zero attached hydrogens (tertiary/aromatic N) is 2. The van der Waals surface area contributed by atoms with E-state index >= 15 is 0 Å². The van der Waals surface area contributed by atoms with Crippen molar-refractivity contribution in [3.05, 3.63) is 59.0 Å². The third kappa shape index (κ3) is 6.73. The Morgan fingerprint density at radius 3 is 2.56 bits per heavy atom. The molecule has 1 heterocycles. The van der Waals surface area contributed by atoms with Gasteiger partial charge in [-0.05, 0) is 58.1 Å². The van der Waals surface area contributed by atoms with Crippen molar-refractivity contribution in [1.29, 1.82) is 0 Å². The van der Waals surface area contributed by atoms with Crippen LogP contribution in [0.1, 0.15) is 36.5 Å². The van der Waals surface area contributed by atoms with Gasteiger partial charge in [-0.1, -0.05) is 24.3 Å². The summed E-state index contributed by atoms with van der Waals surface area (Å²) < 4.78 is 5.56. The van der Waals surface area contributed by atoms with Crippen LogP contribution >= 0.6 is 0 Å². The van der Waals surface area contributed by atoms with Gasteiger partial charge in [0, 0.05) is 13.1 Å². The minimum atomic E-state index is -1.12. The molecule has 0 bridgehead atoms. The number of nitrogens with one attached hydrogen (secondary N) is 2. The zero-order valence-corrected chi connectivity index (χ0v) is 17.0. The van der Waals surface area contributed by atoms with Gasteiger partial charge in [0.25, 0.3) is 0 Å². The average molecular weight is 373 g/mol. The Kier molecular flexibility index (Phi) is 7.45. The van der Waals surface area contributed by atoms with E-state index in [0.29, 0.717) is 24.8 Å². The number of hydrogen-bond acceptors (Lipinski definition) is 4. The molecule has 1 atom stereocenters. The van der Waals surface area contributed by atoms with Crippen molar-refractivity contribution >= 4 is 5.96 Å². The third-order valence-corrected chi connectivity index (χ3v) is 4.13. The summed E-state index contributed by atoms with van der Waals surface area (Å²) in [6, 6.07) is 12.1. The standard InChI is InChI=1S/C21H32N4O2/c1-6-22-20(24-15-21(3,26)19-11-10-16(2)27-19)23-13-17-8-7-9-18(12-17)14-25(4)5/h7-12,26H,6,13-15H2,1-5H3,(H2,22,23,24). The van der Waals surface area contributed by atoms with Crippen molar-refractivity contribution in [3.63, 3.8) is 0 Å². The van der Waals surface area contributed by atoms with Gasteiger partial charge in [-0.25, -0.2) is 4.99 Å². The summed E-state index contributed by atoms with van der Waals surface area (Å²) in [5, 5.41) is 17.1. The molecule has 3 N–H and O–H groups in total. The van der Waals surface area contributed by atoms with Crippen LogP contribution in [0.3, 0.4) is 0 Å². The summed E-state index contributed by atoms with van der Waals surface area (Å²) in [4.78, 5) is 6.79. The van der Waals surface area contributed by atoms with E-state index in [1.54, 1.807) is 13.0 Å². The SMILES string of the molecule is CCNC(=NCc1cccc(CN(C)C)c1)NCC(C)(O)c1ccc(C)o1. The van der Waals surface area contributed by atoms with Crippen molar-refractivity contribution in [1.82, 2.24) is 15.5 Å². The zero-order valence-electron chi connectivity index (χ0n) is 17.0. The molecule has 0 saturated heterocycles. The fourth-order valence-corrected chi connectivity index (χ4v) is 2.77. The van der Waals surface area contributed by atoms with Crippen LogP contribution in [0.2, 0.25) is 0 Å². The van der Waals surface area contributed by atoms with Crippen molar-refractivity contribution < 1.29 is 9.52 Å². The lowest BCUT2D eigenvalue weighted by Gasteiger charge is -2.22. The van der Waals surface area contributed by atoms with Crippen LogP contribution in [0.5, 0.6) is 0 Å². The lowest BCUT2D eigenvalue weighted by atomic mass is 10.0. The lowest BCUT2D eigenvalue weighted by Crippen LogP contribution is -2.44. The van der Waals surface area contributed by atoms with Gasteiger partial charge in [-0.3, -0.25) is 0 Å². The second-order valence-corrected chi connectivity index (χ2v) is 7.29. The number of benzene rings is 1. The molecule has 6 heteroatoms. The average Bonchev–Trinajstić information content (AvgIpc) is 3.04. The summed E-state index contributed by atoms with van der Waals surface area (Å²) in [7, 11) is 4.12. The van der Waals surface area contributed by atoms with Crippen LogP contribution in [0.15, 0.2) is 45.8 Å². The Balaban J connectivity index is 2.01. The lowest BCUT2D eigenvalue weighted by molar-refractivity contribution is 0.0378. The van der Waals surface area contributed by atoms with Gasteiger partial charge in [0.15, 0.2) is 5.96 Å². The first-order chi connectivity index (χ1) is 12.8. The number of furan rings is 1. The molecule has 0 amide bonds. The van der Waals surface area contributed by atoms with Crippen molar-refractivity contribution in [3.8, 4) is 0 Å². The molecule has 0 radical (unpaired) electrons. The summed E-state index contributed by atoms with van der Waals surface area (Å²) in [5.41, 5.74) is 1.30. The maximum Gasteiger partial charge on any atom is 0.191 e. The van der Waals surface area contributed by atoms with E-state index in [9.17, 15) is 5.11 Å². The Morgan fingerprint density at radius 2 is 1.93 bits per heavy atom. The Labute approximate surface area is 162 Å². The van der Waals surface area contributed by atoms with Gasteiger partial charge in [-0.15, -0.1) is 0 Å². The maximum absolute atomic E-state index is 10.7. The van der Waals surface area contributed by atoms with E-state index in [0.717, 1.165) is 24.4 Å². The highest BCUT2D eigenvalue weighted by Gasteiger charge is 2.27. The topological polar surface area (TPSA) is 73.0 Å². The molecule has 0 fully saturated rings. The first kappa shape index (κ1) is 21.0. The second-order valence-electron chi connectivity index (χ2n) is 7.29. The molecule has 2 aromatic rings. The highest BCUT2D eigenvalue weighted by molar-refractivity contribution is 5.79. The predicted octanol–water partition coefficient (Wildman–Crippen LogP) is 2.61. The van der Waals surface area contributed by atoms with Crippen LogP contribution in [0.25, 0.3) is 0 Å². The minimum Gasteiger partial charge on any atom is -0.463 e. The van der Waals surface area contributed by atoms with Gasteiger partial charge in [0.1, 0.15) is 17.1 Å². The smallest absolute Gasteiger partial charge is 0.191 e. The van der Waals surface area contributed by atoms with Crippen molar-refractivity contribution in [2.24, 2.45) is 4.99 Å². The molecule has 1 aromatic carbocycles. The number of aliphatic hydroxyl groups is 1. The van der Waals surface area contributed by atoms with Gasteiger partial charge in [0.2, 0.25) is 0 Å². The fraction of sp³-hybridized carbons (Fsp3) is 0.476. The van der Waals surface area contributed by atoms with Crippen LogP contribution in [-0.2, 0) is 18.7 Å². The molecule has 27 heavy (non-hydrogen) atoms. The van der Waals surface area contributed by atoms with Gasteiger partial charge in [0.05, 0.1) is 13.1 Å². The van der Waals surface area contributed by atoms with E-state index in [1.807, 2.05) is 19.9 Å². The molecule has 2 rings (SSSR count). The molecule has 0 aliphatic heterocycles. The number of aryl methyl sites for hydroxylation is 1. The number of hydrogen-bond donors (Lipinski definition) is 3. The van der Waals surface area contributed by atoms with Crippen LogP contribution in [-0.4, -0.2) is 43.2 Å². The molecule has 0 spiro atoms. The minimum absolute atomic E-state index is 0.298. The Hall–Kier alpha value is -2.31. The van der Waals surface area contributed by atoms with E-state index in [4.69, 9.17) is 4.42 Å². The number of aliphatic imine (C=N–C) groups is 1. The van der Waals surface area contributed by atoms with E-state index in [-0.39, 0.29) is 0 Å². The molecular weight excluding hydrogens is 340 g/mol. The third-order valence-electron chi connectivity index (χ3n) is 4.13. The highest BCUT2D eigenvalue weighted by atomic mass is 16.4. The molecule has 6 nitrogen and oxygen atoms in total. The largest absolute Gasteiger partial charge is 0.463 e. The maximum atomic E-state index is 10.7. The monoisotopic (exact) mass is 372 g/mol. The van der Waals surface area contributed by atoms with Gasteiger partial charge in [-0.2, -0.15) is 0 Å². The van der Waals surface area contributed by atoms with Crippen molar-refractivity contribution in [2.45, 2.75) is 39.5 Å². The van der Waals surface area contributed by atoms with Crippen molar-refractivity contribution in [2.75, 3.05) is 27.2 Å². The van der Waals surface area contributed by atoms with Gasteiger partial charge < -0.3 is 25.1 Å². The van der Waals surface area contributed by atoms with Gasteiger partial charge >= 0.3 is 0 Å². The molecule has 0 aliphatic carbocycles. The fourth-order valence-electron chi connectivity index (χ4n) is 2.77. The van der Waals surface area contributed by atoms with Crippen LogP contribution in [0.4, 0.5) is 0 Å². The van der Waals surface area contributed by atoms with E-state index < -0.39 is 5.60 Å². The number of guanidine groups is 1. The summed E-state index contributed by atoms with van der Waals surface area (Å²) >= 11 is 0. The second kappa shape index (κ2) is 9.58. The first-order valence-corrected chi connectivity index (χ1v) is 9.34. The van der Waals surface area contributed by atoms with E-state index in [1.165, 1.54) is 5.56 Å². The van der Waals surface area contributed by atoms with Crippen LogP contribution in [0, 0.1) is 6.92 Å². The van der Waals surface area contributed by atoms with Crippen LogP contribution < -0.4 is 10.6 Å². The molecule has 1 unspecified atom stereocenters. The normalized spacial score (nSPS) is 14.3. The Morgan fingerprint density at radius 1 is 1.19 bits per heavy atom. The summed E-state index contributed by atoms with van der Waals surface area (Å²) in [5.74, 6) is 1.99. The molecular formula is C21H32N4O2. The molecule has 0 saturated carbocycles. The quantitative estimate of drug-likeness (QED) is 0.491. The molecule has 1 aromatic heterocycles. The first-order valence-electron chi connectivity index (χ1n) is 9.34. The summed E-state index contributed by atoms with van der Waals surface area (Å²) in [6.07, 6.45) is 0.